The molecule has 5 nitrogen and oxygen atoms in total. The van der Waals surface area contributed by atoms with Gasteiger partial charge in [-0.05, 0) is 32.1 Å². The molecule has 0 aliphatic carbocycles. The molecule has 0 bridgehead atoms. The van der Waals surface area contributed by atoms with Crippen LogP contribution in [0, 0.1) is 0 Å². The van der Waals surface area contributed by atoms with Crippen LogP contribution < -0.4 is 10.8 Å². The molecule has 166 valence electrons. The number of nitrogens with zero attached hydrogens (tertiary/aromatic N) is 2. The first kappa shape index (κ1) is 25.6. The highest BCUT2D eigenvalue weighted by Crippen LogP contribution is 2.23. The Bertz CT molecular complexity index is 540. The fourth-order valence-electron chi connectivity index (χ4n) is 3.93. The fourth-order valence-corrected chi connectivity index (χ4v) is 3.93. The second-order valence-electron chi connectivity index (χ2n) is 8.38. The molecule has 0 spiro atoms. The Balaban J connectivity index is 2.06. The number of quaternary nitrogens is 1. The summed E-state index contributed by atoms with van der Waals surface area (Å²) in [7, 11) is 0. The lowest BCUT2D eigenvalue weighted by Gasteiger charge is -2.36. The molecule has 29 heavy (non-hydrogen) atoms. The molecule has 1 heterocycles. The highest BCUT2D eigenvalue weighted by atomic mass is 16.4. The number of rotatable bonds is 18. The third-order valence-corrected chi connectivity index (χ3v) is 5.82. The normalized spacial score (nSPS) is 19.8. The molecule has 1 aliphatic rings. The maximum atomic E-state index is 11.1. The van der Waals surface area contributed by atoms with Gasteiger partial charge in [0, 0.05) is 13.3 Å². The third-order valence-electron chi connectivity index (χ3n) is 5.82. The highest BCUT2D eigenvalue weighted by Gasteiger charge is 2.38. The summed E-state index contributed by atoms with van der Waals surface area (Å²) in [5.41, 5.74) is 6.07. The third kappa shape index (κ3) is 10.2. The second-order valence-corrected chi connectivity index (χ2v) is 8.38. The molecular weight excluding hydrogens is 362 g/mol. The van der Waals surface area contributed by atoms with Gasteiger partial charge >= 0.3 is 0 Å². The number of allylic oxidation sites excluding steroid dienone is 2. The lowest BCUT2D eigenvalue weighted by Crippen LogP contribution is -2.60. The first-order chi connectivity index (χ1) is 14.0. The zero-order valence-electron chi connectivity index (χ0n) is 18.8. The van der Waals surface area contributed by atoms with Crippen molar-refractivity contribution >= 4 is 11.8 Å². The van der Waals surface area contributed by atoms with Gasteiger partial charge in [-0.1, -0.05) is 70.4 Å². The van der Waals surface area contributed by atoms with Crippen LogP contribution in [0.4, 0.5) is 0 Å². The number of hydrogen-bond donors (Lipinski definition) is 1. The van der Waals surface area contributed by atoms with E-state index in [9.17, 15) is 9.90 Å². The molecular formula is C24H43N3O2. The van der Waals surface area contributed by atoms with Gasteiger partial charge in [0.15, 0.2) is 0 Å². The van der Waals surface area contributed by atoms with Crippen molar-refractivity contribution in [2.24, 2.45) is 10.7 Å². The van der Waals surface area contributed by atoms with E-state index in [-0.39, 0.29) is 17.2 Å². The Morgan fingerprint density at radius 1 is 1.03 bits per heavy atom. The molecule has 0 fully saturated rings. The summed E-state index contributed by atoms with van der Waals surface area (Å²) in [6, 6.07) is 0. The maximum absolute atomic E-state index is 11.1. The summed E-state index contributed by atoms with van der Waals surface area (Å²) >= 11 is 0. The summed E-state index contributed by atoms with van der Waals surface area (Å²) in [6.07, 6.45) is 25.1. The van der Waals surface area contributed by atoms with Crippen molar-refractivity contribution in [3.63, 3.8) is 0 Å². The van der Waals surface area contributed by atoms with Gasteiger partial charge in [0.25, 0.3) is 0 Å². The SMILES string of the molecule is CCCCCCCC/C=C/CCCCCCCC1=NC=C[N+]1(CC(=O)[O-])C(C)N. The minimum Gasteiger partial charge on any atom is -0.544 e. The molecule has 0 aromatic carbocycles. The van der Waals surface area contributed by atoms with Gasteiger partial charge in [-0.25, -0.2) is 9.48 Å². The van der Waals surface area contributed by atoms with E-state index >= 15 is 0 Å². The first-order valence-electron chi connectivity index (χ1n) is 11.8. The van der Waals surface area contributed by atoms with E-state index in [4.69, 9.17) is 5.73 Å². The number of aliphatic imine (C=N–C) groups is 1. The van der Waals surface area contributed by atoms with Gasteiger partial charge in [0.1, 0.15) is 18.9 Å². The summed E-state index contributed by atoms with van der Waals surface area (Å²) < 4.78 is 0.103. The quantitative estimate of drug-likeness (QED) is 0.202. The van der Waals surface area contributed by atoms with E-state index in [1.165, 1.54) is 70.6 Å². The molecule has 0 amide bonds. The summed E-state index contributed by atoms with van der Waals surface area (Å²) in [4.78, 5) is 15.5. The zero-order chi connectivity index (χ0) is 21.4. The van der Waals surface area contributed by atoms with Crippen molar-refractivity contribution in [3.05, 3.63) is 24.6 Å². The maximum Gasteiger partial charge on any atom is 0.209 e. The number of aliphatic carboxylic acids is 1. The second kappa shape index (κ2) is 15.4. The Kier molecular flexibility index (Phi) is 13.6. The predicted molar refractivity (Wildman–Crippen MR) is 120 cm³/mol. The Hall–Kier alpha value is -1.46. The number of carboxylic acid groups (broad SMARTS) is 1. The molecule has 0 aromatic heterocycles. The molecule has 1 rings (SSSR count). The average Bonchev–Trinajstić information content (AvgIpc) is 3.08. The van der Waals surface area contributed by atoms with E-state index < -0.39 is 5.97 Å². The molecule has 2 unspecified atom stereocenters. The van der Waals surface area contributed by atoms with E-state index in [1.807, 2.05) is 6.92 Å². The standard InChI is InChI=1S/C24H43N3O2/c1-3-4-5-6-7-8-9-10-11-12-13-14-15-16-17-18-23-26-19-20-27(23,22(2)25)21-24(28)29/h10-11,19-20,22H,3-9,12-18,21,25H2,1-2H3/b11-10+. The van der Waals surface area contributed by atoms with Gasteiger partial charge in [-0.15, -0.1) is 0 Å². The first-order valence-corrected chi connectivity index (χ1v) is 11.8. The summed E-state index contributed by atoms with van der Waals surface area (Å²) in [6.45, 7) is 3.95. The number of carboxylic acids is 1. The average molecular weight is 406 g/mol. The van der Waals surface area contributed by atoms with Crippen molar-refractivity contribution in [1.82, 2.24) is 0 Å². The molecule has 0 saturated carbocycles. The number of amidine groups is 1. The Labute approximate surface area is 178 Å². The largest absolute Gasteiger partial charge is 0.544 e. The number of hydrogen-bond acceptors (Lipinski definition) is 4. The van der Waals surface area contributed by atoms with Crippen molar-refractivity contribution in [1.29, 1.82) is 0 Å². The van der Waals surface area contributed by atoms with Crippen LogP contribution in [0.2, 0.25) is 0 Å². The predicted octanol–water partition coefficient (Wildman–Crippen LogP) is 4.78. The number of carbonyl (C=O) groups excluding carboxylic acids is 1. The molecule has 2 atom stereocenters. The van der Waals surface area contributed by atoms with Gasteiger partial charge < -0.3 is 9.90 Å². The van der Waals surface area contributed by atoms with E-state index in [0.717, 1.165) is 25.1 Å². The lowest BCUT2D eigenvalue weighted by molar-refractivity contribution is -0.808. The van der Waals surface area contributed by atoms with Crippen molar-refractivity contribution in [3.8, 4) is 0 Å². The van der Waals surface area contributed by atoms with Crippen LogP contribution in [-0.2, 0) is 4.79 Å². The zero-order valence-corrected chi connectivity index (χ0v) is 18.8. The molecule has 1 aliphatic heterocycles. The minimum atomic E-state index is -1.09. The lowest BCUT2D eigenvalue weighted by atomic mass is 10.1. The van der Waals surface area contributed by atoms with Crippen LogP contribution >= 0.6 is 0 Å². The fraction of sp³-hybridized carbons (Fsp3) is 0.750. The van der Waals surface area contributed by atoms with Crippen LogP contribution in [-0.4, -0.2) is 29.0 Å². The van der Waals surface area contributed by atoms with Gasteiger partial charge in [-0.2, -0.15) is 0 Å². The monoisotopic (exact) mass is 405 g/mol. The Morgan fingerprint density at radius 2 is 1.59 bits per heavy atom. The molecule has 0 radical (unpaired) electrons. The minimum absolute atomic E-state index is 0.103. The topological polar surface area (TPSA) is 78.5 Å². The molecule has 2 N–H and O–H groups in total. The van der Waals surface area contributed by atoms with Crippen LogP contribution in [0.5, 0.6) is 0 Å². The molecule has 0 saturated heterocycles. The Morgan fingerprint density at radius 3 is 2.14 bits per heavy atom. The summed E-state index contributed by atoms with van der Waals surface area (Å²) in [5.74, 6) is -0.243. The molecule has 0 aromatic rings. The van der Waals surface area contributed by atoms with Crippen LogP contribution in [0.25, 0.3) is 0 Å². The number of nitrogens with two attached hydrogens (primary N) is 1. The number of carbonyl (C=O) groups is 1. The highest BCUT2D eigenvalue weighted by molar-refractivity contribution is 5.81. The van der Waals surface area contributed by atoms with Gasteiger partial charge in [-0.3, -0.25) is 5.73 Å². The van der Waals surface area contributed by atoms with E-state index in [0.29, 0.717) is 0 Å². The van der Waals surface area contributed by atoms with Crippen LogP contribution in [0.15, 0.2) is 29.5 Å². The van der Waals surface area contributed by atoms with Crippen LogP contribution in [0.3, 0.4) is 0 Å². The van der Waals surface area contributed by atoms with Gasteiger partial charge in [0.2, 0.25) is 5.84 Å². The van der Waals surface area contributed by atoms with E-state index in [1.54, 1.807) is 12.4 Å². The van der Waals surface area contributed by atoms with Crippen molar-refractivity contribution in [2.75, 3.05) is 6.54 Å². The van der Waals surface area contributed by atoms with Crippen LogP contribution in [0.1, 0.15) is 104 Å². The number of unbranched alkanes of at least 4 members (excludes halogenated alkanes) is 11. The van der Waals surface area contributed by atoms with E-state index in [2.05, 4.69) is 24.1 Å². The van der Waals surface area contributed by atoms with Gasteiger partial charge in [0.05, 0.1) is 12.2 Å². The van der Waals surface area contributed by atoms with Crippen molar-refractivity contribution in [2.45, 2.75) is 110 Å². The smallest absolute Gasteiger partial charge is 0.209 e. The molecule has 5 heteroatoms. The summed E-state index contributed by atoms with van der Waals surface area (Å²) in [5, 5.41) is 11.1. The van der Waals surface area contributed by atoms with Crippen molar-refractivity contribution < 1.29 is 14.4 Å².